The highest BCUT2D eigenvalue weighted by molar-refractivity contribution is 5.85. The number of hydrogen-bond acceptors (Lipinski definition) is 6. The zero-order valence-electron chi connectivity index (χ0n) is 11.7. The van der Waals surface area contributed by atoms with Gasteiger partial charge in [0.15, 0.2) is 0 Å². The highest BCUT2D eigenvalue weighted by atomic mass is 16.6. The zero-order valence-corrected chi connectivity index (χ0v) is 11.7. The van der Waals surface area contributed by atoms with E-state index >= 15 is 0 Å². The summed E-state index contributed by atoms with van der Waals surface area (Å²) < 4.78 is 4.71. The molecule has 3 rings (SSSR count). The number of likely N-dealkylation sites (N-methyl/N-ethyl adjacent to an activating group) is 1. The van der Waals surface area contributed by atoms with Crippen molar-refractivity contribution in [3.8, 4) is 0 Å². The molecule has 0 amide bonds. The van der Waals surface area contributed by atoms with Crippen LogP contribution in [0.1, 0.15) is 25.3 Å². The summed E-state index contributed by atoms with van der Waals surface area (Å²) in [6, 6.07) is 5.98. The molecular formula is C14H18N4O2. The molecule has 0 fully saturated rings. The standard InChI is InChI=1S/C14H18N4O2/c1-3-11-7-12(19-15-11)9-18(2)8-10-4-5-13-14(6-10)17-20-16-13/h4-6,12H,3,7-9H2,1-2H3. The topological polar surface area (TPSA) is 63.8 Å². The van der Waals surface area contributed by atoms with Crippen LogP contribution in [0.5, 0.6) is 0 Å². The van der Waals surface area contributed by atoms with Crippen LogP contribution in [0.2, 0.25) is 0 Å². The maximum absolute atomic E-state index is 5.43. The van der Waals surface area contributed by atoms with Gasteiger partial charge in [0.1, 0.15) is 17.1 Å². The predicted molar refractivity (Wildman–Crippen MR) is 75.4 cm³/mol. The lowest BCUT2D eigenvalue weighted by Crippen LogP contribution is -2.29. The van der Waals surface area contributed by atoms with Gasteiger partial charge in [0, 0.05) is 19.5 Å². The monoisotopic (exact) mass is 274 g/mol. The lowest BCUT2D eigenvalue weighted by Gasteiger charge is -2.19. The molecule has 2 aromatic rings. The van der Waals surface area contributed by atoms with Gasteiger partial charge < -0.3 is 4.84 Å². The van der Waals surface area contributed by atoms with Gasteiger partial charge >= 0.3 is 0 Å². The molecule has 20 heavy (non-hydrogen) atoms. The molecule has 0 N–H and O–H groups in total. The minimum absolute atomic E-state index is 0.174. The van der Waals surface area contributed by atoms with E-state index in [-0.39, 0.29) is 6.10 Å². The van der Waals surface area contributed by atoms with Crippen molar-refractivity contribution in [2.24, 2.45) is 5.16 Å². The number of aromatic nitrogens is 2. The molecule has 1 aromatic carbocycles. The lowest BCUT2D eigenvalue weighted by atomic mass is 10.1. The maximum Gasteiger partial charge on any atom is 0.145 e. The molecule has 0 radical (unpaired) electrons. The molecule has 2 heterocycles. The average molecular weight is 274 g/mol. The van der Waals surface area contributed by atoms with Crippen LogP contribution >= 0.6 is 0 Å². The van der Waals surface area contributed by atoms with Gasteiger partial charge in [-0.2, -0.15) is 0 Å². The van der Waals surface area contributed by atoms with Gasteiger partial charge in [0.25, 0.3) is 0 Å². The van der Waals surface area contributed by atoms with Crippen LogP contribution < -0.4 is 0 Å². The molecule has 1 unspecified atom stereocenters. The van der Waals surface area contributed by atoms with Gasteiger partial charge in [-0.25, -0.2) is 4.63 Å². The molecule has 6 nitrogen and oxygen atoms in total. The Bertz CT molecular complexity index is 622. The lowest BCUT2D eigenvalue weighted by molar-refractivity contribution is 0.0576. The van der Waals surface area contributed by atoms with E-state index in [1.54, 1.807) is 0 Å². The number of benzene rings is 1. The fourth-order valence-corrected chi connectivity index (χ4v) is 2.44. The Morgan fingerprint density at radius 1 is 1.30 bits per heavy atom. The second kappa shape index (κ2) is 5.58. The summed E-state index contributed by atoms with van der Waals surface area (Å²) in [4.78, 5) is 7.66. The third kappa shape index (κ3) is 2.80. The van der Waals surface area contributed by atoms with Gasteiger partial charge in [-0.05, 0) is 41.5 Å². The van der Waals surface area contributed by atoms with E-state index in [0.29, 0.717) is 0 Å². The van der Waals surface area contributed by atoms with E-state index in [9.17, 15) is 0 Å². The van der Waals surface area contributed by atoms with Crippen LogP contribution in [-0.2, 0) is 11.4 Å². The minimum atomic E-state index is 0.174. The van der Waals surface area contributed by atoms with Crippen molar-refractivity contribution in [2.75, 3.05) is 13.6 Å². The maximum atomic E-state index is 5.43. The predicted octanol–water partition coefficient (Wildman–Crippen LogP) is 2.21. The van der Waals surface area contributed by atoms with Crippen molar-refractivity contribution < 1.29 is 9.47 Å². The largest absolute Gasteiger partial charge is 0.391 e. The van der Waals surface area contributed by atoms with E-state index < -0.39 is 0 Å². The fraction of sp³-hybridized carbons (Fsp3) is 0.500. The summed E-state index contributed by atoms with van der Waals surface area (Å²) in [5.41, 5.74) is 3.92. The highest BCUT2D eigenvalue weighted by Crippen LogP contribution is 2.16. The average Bonchev–Trinajstić information content (AvgIpc) is 3.06. The van der Waals surface area contributed by atoms with Gasteiger partial charge in [0.2, 0.25) is 0 Å². The summed E-state index contributed by atoms with van der Waals surface area (Å²) >= 11 is 0. The molecule has 6 heteroatoms. The van der Waals surface area contributed by atoms with Crippen molar-refractivity contribution in [3.05, 3.63) is 23.8 Å². The molecule has 1 aliphatic rings. The molecular weight excluding hydrogens is 256 g/mol. The molecule has 0 spiro atoms. The van der Waals surface area contributed by atoms with E-state index in [1.165, 1.54) is 5.56 Å². The fourth-order valence-electron chi connectivity index (χ4n) is 2.44. The Hall–Kier alpha value is -1.95. The second-order valence-corrected chi connectivity index (χ2v) is 5.23. The Morgan fingerprint density at radius 2 is 2.15 bits per heavy atom. The SMILES string of the molecule is CCC1=NOC(CN(C)Cc2ccc3nonc3c2)C1. The second-order valence-electron chi connectivity index (χ2n) is 5.23. The minimum Gasteiger partial charge on any atom is -0.391 e. The molecule has 1 aromatic heterocycles. The molecule has 1 aliphatic heterocycles. The molecule has 1 atom stereocenters. The summed E-state index contributed by atoms with van der Waals surface area (Å²) in [7, 11) is 2.08. The van der Waals surface area contributed by atoms with Crippen LogP contribution in [0.4, 0.5) is 0 Å². The van der Waals surface area contributed by atoms with Crippen LogP contribution in [0.15, 0.2) is 28.0 Å². The quantitative estimate of drug-likeness (QED) is 0.836. The van der Waals surface area contributed by atoms with Crippen LogP contribution in [0, 0.1) is 0 Å². The van der Waals surface area contributed by atoms with Gasteiger partial charge in [0.05, 0.1) is 5.71 Å². The number of hydrogen-bond donors (Lipinski definition) is 0. The van der Waals surface area contributed by atoms with Gasteiger partial charge in [-0.15, -0.1) is 0 Å². The van der Waals surface area contributed by atoms with Crippen LogP contribution in [-0.4, -0.2) is 40.6 Å². The Balaban J connectivity index is 1.57. The first-order chi connectivity index (χ1) is 9.74. The van der Waals surface area contributed by atoms with Crippen LogP contribution in [0.3, 0.4) is 0 Å². The first kappa shape index (κ1) is 13.1. The van der Waals surface area contributed by atoms with Crippen molar-refractivity contribution in [1.29, 1.82) is 0 Å². The number of fused-ring (bicyclic) bond motifs is 1. The van der Waals surface area contributed by atoms with Crippen LogP contribution in [0.25, 0.3) is 11.0 Å². The summed E-state index contributed by atoms with van der Waals surface area (Å²) in [5, 5.41) is 11.8. The van der Waals surface area contributed by atoms with E-state index in [2.05, 4.69) is 34.3 Å². The first-order valence-corrected chi connectivity index (χ1v) is 6.86. The molecule has 106 valence electrons. The van der Waals surface area contributed by atoms with E-state index in [4.69, 9.17) is 9.47 Å². The third-order valence-electron chi connectivity index (χ3n) is 3.49. The Morgan fingerprint density at radius 3 is 2.95 bits per heavy atom. The van der Waals surface area contributed by atoms with Gasteiger partial charge in [-0.3, -0.25) is 4.90 Å². The first-order valence-electron chi connectivity index (χ1n) is 6.86. The van der Waals surface area contributed by atoms with Gasteiger partial charge in [-0.1, -0.05) is 18.1 Å². The normalized spacial score (nSPS) is 18.6. The number of nitrogens with zero attached hydrogens (tertiary/aromatic N) is 4. The highest BCUT2D eigenvalue weighted by Gasteiger charge is 2.21. The summed E-state index contributed by atoms with van der Waals surface area (Å²) in [6.07, 6.45) is 2.08. The number of rotatable bonds is 5. The van der Waals surface area contributed by atoms with Crippen molar-refractivity contribution in [2.45, 2.75) is 32.4 Å². The van der Waals surface area contributed by atoms with Crippen molar-refractivity contribution in [1.82, 2.24) is 15.2 Å². The zero-order chi connectivity index (χ0) is 13.9. The van der Waals surface area contributed by atoms with E-state index in [1.807, 2.05) is 18.2 Å². The summed E-state index contributed by atoms with van der Waals surface area (Å²) in [5.74, 6) is 0. The Kier molecular flexibility index (Phi) is 3.64. The molecule has 0 aliphatic carbocycles. The van der Waals surface area contributed by atoms with Crippen molar-refractivity contribution in [3.63, 3.8) is 0 Å². The molecule has 0 bridgehead atoms. The third-order valence-corrected chi connectivity index (χ3v) is 3.49. The van der Waals surface area contributed by atoms with Crippen molar-refractivity contribution >= 4 is 16.7 Å². The van der Waals surface area contributed by atoms with E-state index in [0.717, 1.165) is 42.7 Å². The smallest absolute Gasteiger partial charge is 0.145 e. The summed E-state index contributed by atoms with van der Waals surface area (Å²) in [6.45, 7) is 3.81. The molecule has 0 saturated carbocycles. The number of oxime groups is 1. The Labute approximate surface area is 117 Å². The molecule has 0 saturated heterocycles.